The molecule has 0 fully saturated rings. The van der Waals surface area contributed by atoms with Gasteiger partial charge < -0.3 is 4.57 Å². The van der Waals surface area contributed by atoms with Crippen molar-refractivity contribution in [3.63, 3.8) is 0 Å². The van der Waals surface area contributed by atoms with Crippen molar-refractivity contribution in [2.24, 2.45) is 0 Å². The summed E-state index contributed by atoms with van der Waals surface area (Å²) in [4.78, 5) is 0. The molecule has 0 aliphatic carbocycles. The zero-order valence-corrected chi connectivity index (χ0v) is 11.6. The van der Waals surface area contributed by atoms with Gasteiger partial charge in [-0.1, -0.05) is 24.3 Å². The summed E-state index contributed by atoms with van der Waals surface area (Å²) in [6, 6.07) is 8.52. The van der Waals surface area contributed by atoms with E-state index < -0.39 is 0 Å². The van der Waals surface area contributed by atoms with Crippen molar-refractivity contribution in [1.29, 1.82) is 0 Å². The first-order valence-corrected chi connectivity index (χ1v) is 6.42. The van der Waals surface area contributed by atoms with Gasteiger partial charge in [-0.25, -0.2) is 0 Å². The minimum atomic E-state index is 0.0462. The van der Waals surface area contributed by atoms with Gasteiger partial charge in [0.2, 0.25) is 0 Å². The molecule has 0 aliphatic rings. The molecule has 0 spiro atoms. The Morgan fingerprint density at radius 1 is 1.11 bits per heavy atom. The first kappa shape index (κ1) is 12.8. The van der Waals surface area contributed by atoms with Crippen molar-refractivity contribution < 1.29 is 0 Å². The van der Waals surface area contributed by atoms with Crippen molar-refractivity contribution in [1.82, 2.24) is 14.8 Å². The van der Waals surface area contributed by atoms with Gasteiger partial charge >= 0.3 is 0 Å². The average molecular weight is 243 g/mol. The second-order valence-electron chi connectivity index (χ2n) is 5.71. The summed E-state index contributed by atoms with van der Waals surface area (Å²) in [6.07, 6.45) is 3.77. The monoisotopic (exact) mass is 243 g/mol. The molecule has 0 saturated carbocycles. The molecule has 1 aromatic carbocycles. The fourth-order valence-corrected chi connectivity index (χ4v) is 2.13. The van der Waals surface area contributed by atoms with Gasteiger partial charge in [-0.05, 0) is 45.2 Å². The second kappa shape index (κ2) is 4.92. The van der Waals surface area contributed by atoms with Crippen molar-refractivity contribution in [2.45, 2.75) is 46.1 Å². The number of benzene rings is 1. The number of aromatic nitrogens is 3. The smallest absolute Gasteiger partial charge is 0.133 e. The number of rotatable bonds is 3. The first-order valence-electron chi connectivity index (χ1n) is 6.42. The van der Waals surface area contributed by atoms with Crippen LogP contribution >= 0.6 is 0 Å². The van der Waals surface area contributed by atoms with Crippen LogP contribution in [0.25, 0.3) is 0 Å². The molecule has 18 heavy (non-hydrogen) atoms. The van der Waals surface area contributed by atoms with Crippen molar-refractivity contribution in [3.05, 3.63) is 47.5 Å². The SMILES string of the molecule is Cc1ccccc1CCc1nncn1C(C)(C)C. The molecule has 0 radical (unpaired) electrons. The van der Waals surface area contributed by atoms with Crippen LogP contribution in [-0.4, -0.2) is 14.8 Å². The molecule has 3 nitrogen and oxygen atoms in total. The summed E-state index contributed by atoms with van der Waals surface area (Å²) in [5, 5.41) is 8.28. The number of hydrogen-bond acceptors (Lipinski definition) is 2. The lowest BCUT2D eigenvalue weighted by molar-refractivity contribution is 0.381. The van der Waals surface area contributed by atoms with Gasteiger partial charge in [0.05, 0.1) is 0 Å². The van der Waals surface area contributed by atoms with Crippen LogP contribution in [0.2, 0.25) is 0 Å². The molecule has 0 aliphatic heterocycles. The lowest BCUT2D eigenvalue weighted by Crippen LogP contribution is -2.23. The quantitative estimate of drug-likeness (QED) is 0.829. The summed E-state index contributed by atoms with van der Waals surface area (Å²) in [6.45, 7) is 8.68. The van der Waals surface area contributed by atoms with Crippen LogP contribution in [0.1, 0.15) is 37.7 Å². The van der Waals surface area contributed by atoms with E-state index in [4.69, 9.17) is 0 Å². The molecule has 0 atom stereocenters. The third-order valence-corrected chi connectivity index (χ3v) is 3.22. The molecular formula is C15H21N3. The highest BCUT2D eigenvalue weighted by Gasteiger charge is 2.17. The van der Waals surface area contributed by atoms with E-state index in [0.29, 0.717) is 0 Å². The summed E-state index contributed by atoms with van der Waals surface area (Å²) in [5.41, 5.74) is 2.78. The van der Waals surface area contributed by atoms with Crippen LogP contribution in [0.15, 0.2) is 30.6 Å². The molecule has 3 heteroatoms. The molecule has 2 aromatic rings. The Balaban J connectivity index is 2.12. The summed E-state index contributed by atoms with van der Waals surface area (Å²) in [7, 11) is 0. The van der Waals surface area contributed by atoms with Crippen LogP contribution in [-0.2, 0) is 18.4 Å². The van der Waals surface area contributed by atoms with Gasteiger partial charge in [0, 0.05) is 12.0 Å². The Hall–Kier alpha value is -1.64. The highest BCUT2D eigenvalue weighted by atomic mass is 15.3. The van der Waals surface area contributed by atoms with Gasteiger partial charge in [-0.15, -0.1) is 10.2 Å². The second-order valence-corrected chi connectivity index (χ2v) is 5.71. The zero-order chi connectivity index (χ0) is 13.2. The fraction of sp³-hybridized carbons (Fsp3) is 0.467. The fourth-order valence-electron chi connectivity index (χ4n) is 2.13. The molecule has 0 saturated heterocycles. The van der Waals surface area contributed by atoms with Crippen LogP contribution < -0.4 is 0 Å². The normalized spacial score (nSPS) is 11.8. The lowest BCUT2D eigenvalue weighted by atomic mass is 10.0. The average Bonchev–Trinajstić information content (AvgIpc) is 2.76. The molecular weight excluding hydrogens is 222 g/mol. The number of aryl methyl sites for hydroxylation is 3. The van der Waals surface area contributed by atoms with Crippen LogP contribution in [0.4, 0.5) is 0 Å². The molecule has 0 amide bonds. The predicted molar refractivity (Wildman–Crippen MR) is 73.6 cm³/mol. The van der Waals surface area contributed by atoms with Gasteiger partial charge in [-0.3, -0.25) is 0 Å². The standard InChI is InChI=1S/C15H21N3/c1-12-7-5-6-8-13(12)9-10-14-17-16-11-18(14)15(2,3)4/h5-8,11H,9-10H2,1-4H3. The van der Waals surface area contributed by atoms with E-state index in [9.17, 15) is 0 Å². The Labute approximate surface area is 109 Å². The summed E-state index contributed by atoms with van der Waals surface area (Å²) >= 11 is 0. The number of hydrogen-bond donors (Lipinski definition) is 0. The topological polar surface area (TPSA) is 30.7 Å². The third kappa shape index (κ3) is 2.78. The van der Waals surface area contributed by atoms with E-state index in [0.717, 1.165) is 18.7 Å². The minimum absolute atomic E-state index is 0.0462. The van der Waals surface area contributed by atoms with E-state index in [-0.39, 0.29) is 5.54 Å². The highest BCUT2D eigenvalue weighted by molar-refractivity contribution is 5.26. The van der Waals surface area contributed by atoms with E-state index >= 15 is 0 Å². The maximum atomic E-state index is 4.24. The maximum absolute atomic E-state index is 4.24. The van der Waals surface area contributed by atoms with Crippen LogP contribution in [0.5, 0.6) is 0 Å². The third-order valence-electron chi connectivity index (χ3n) is 3.22. The molecule has 2 rings (SSSR count). The molecule has 1 aromatic heterocycles. The highest BCUT2D eigenvalue weighted by Crippen LogP contribution is 2.17. The van der Waals surface area contributed by atoms with Gasteiger partial charge in [0.25, 0.3) is 0 Å². The van der Waals surface area contributed by atoms with Gasteiger partial charge in [-0.2, -0.15) is 0 Å². The van der Waals surface area contributed by atoms with E-state index in [1.54, 1.807) is 0 Å². The Bertz CT molecular complexity index is 521. The van der Waals surface area contributed by atoms with Crippen molar-refractivity contribution in [3.8, 4) is 0 Å². The van der Waals surface area contributed by atoms with E-state index in [1.807, 2.05) is 6.33 Å². The molecule has 1 heterocycles. The van der Waals surface area contributed by atoms with Crippen molar-refractivity contribution in [2.75, 3.05) is 0 Å². The number of nitrogens with zero attached hydrogens (tertiary/aromatic N) is 3. The lowest BCUT2D eigenvalue weighted by Gasteiger charge is -2.22. The van der Waals surface area contributed by atoms with Crippen LogP contribution in [0.3, 0.4) is 0 Å². The van der Waals surface area contributed by atoms with Gasteiger partial charge in [0.1, 0.15) is 12.2 Å². The van der Waals surface area contributed by atoms with E-state index in [1.165, 1.54) is 11.1 Å². The summed E-state index contributed by atoms with van der Waals surface area (Å²) < 4.78 is 2.16. The molecule has 0 N–H and O–H groups in total. The Kier molecular flexibility index (Phi) is 3.50. The Morgan fingerprint density at radius 3 is 2.50 bits per heavy atom. The maximum Gasteiger partial charge on any atom is 0.133 e. The molecule has 0 unspecified atom stereocenters. The molecule has 0 bridgehead atoms. The zero-order valence-electron chi connectivity index (χ0n) is 11.6. The first-order chi connectivity index (χ1) is 8.48. The largest absolute Gasteiger partial charge is 0.312 e. The van der Waals surface area contributed by atoms with Crippen LogP contribution in [0, 0.1) is 6.92 Å². The Morgan fingerprint density at radius 2 is 1.83 bits per heavy atom. The summed E-state index contributed by atoms with van der Waals surface area (Å²) in [5.74, 6) is 1.06. The molecule has 96 valence electrons. The minimum Gasteiger partial charge on any atom is -0.312 e. The van der Waals surface area contributed by atoms with Gasteiger partial charge in [0.15, 0.2) is 0 Å². The van der Waals surface area contributed by atoms with Crippen molar-refractivity contribution >= 4 is 0 Å². The predicted octanol–water partition coefficient (Wildman–Crippen LogP) is 3.13. The van der Waals surface area contributed by atoms with E-state index in [2.05, 4.69) is 66.7 Å².